The highest BCUT2D eigenvalue weighted by molar-refractivity contribution is 7.09. The van der Waals surface area contributed by atoms with Gasteiger partial charge in [0.15, 0.2) is 0 Å². The van der Waals surface area contributed by atoms with Gasteiger partial charge in [0.25, 0.3) is 0 Å². The zero-order valence-corrected chi connectivity index (χ0v) is 7.07. The van der Waals surface area contributed by atoms with Crippen LogP contribution in [-0.4, -0.2) is 12.4 Å². The lowest BCUT2D eigenvalue weighted by atomic mass is 10.0. The average molecular weight is 158 g/mol. The molecular weight excluding hydrogens is 147 g/mol. The van der Waals surface area contributed by atoms with Crippen molar-refractivity contribution >= 4 is 15.8 Å². The average Bonchev–Trinajstić information content (AvgIpc) is 1.99. The maximum atomic E-state index is 10.2. The van der Waals surface area contributed by atoms with Gasteiger partial charge in [-0.25, -0.2) is 0 Å². The minimum atomic E-state index is -0.160. The zero-order chi connectivity index (χ0) is 7.98. The molecule has 3 unspecified atom stereocenters. The summed E-state index contributed by atoms with van der Waals surface area (Å²) in [7, 11) is 2.11. The molecule has 0 spiro atoms. The van der Waals surface area contributed by atoms with Gasteiger partial charge in [0.05, 0.1) is 6.10 Å². The van der Waals surface area contributed by atoms with Gasteiger partial charge in [-0.05, 0) is 0 Å². The van der Waals surface area contributed by atoms with Crippen molar-refractivity contribution in [1.29, 1.82) is 0 Å². The number of carbonyl (C=O) groups is 1. The van der Waals surface area contributed by atoms with E-state index in [2.05, 4.69) is 15.4 Å². The molecule has 0 N–H and O–H groups in total. The first-order valence-corrected chi connectivity index (χ1v) is 3.47. The summed E-state index contributed by atoms with van der Waals surface area (Å²) in [4.78, 5) is 10.2. The quantitative estimate of drug-likeness (QED) is 0.347. The van der Waals surface area contributed by atoms with Crippen LogP contribution in [0.25, 0.3) is 0 Å². The molecule has 0 bridgehead atoms. The lowest BCUT2D eigenvalue weighted by molar-refractivity contribution is -0.112. The molecule has 3 atom stereocenters. The number of aldehydes is 1. The molecule has 0 aliphatic carbocycles. The molecule has 3 heteroatoms. The second-order valence-corrected chi connectivity index (χ2v) is 2.35. The number of rotatable bonds is 4. The Kier molecular flexibility index (Phi) is 5.20. The molecule has 0 heterocycles. The van der Waals surface area contributed by atoms with Crippen LogP contribution in [0.3, 0.4) is 0 Å². The summed E-state index contributed by atoms with van der Waals surface area (Å²) in [5.41, 5.74) is 0. The summed E-state index contributed by atoms with van der Waals surface area (Å²) >= 11 is 0. The fourth-order valence-corrected chi connectivity index (χ4v) is 0.906. The summed E-state index contributed by atoms with van der Waals surface area (Å²) in [5, 5.41) is 0. The minimum absolute atomic E-state index is 0.131. The normalized spacial score (nSPS) is 15.3. The number of hydrogen-bond acceptors (Lipinski definition) is 2. The highest BCUT2D eigenvalue weighted by Crippen LogP contribution is 2.11. The Morgan fingerprint density at radius 3 is 2.80 bits per heavy atom. The Morgan fingerprint density at radius 2 is 2.50 bits per heavy atom. The van der Waals surface area contributed by atoms with Crippen molar-refractivity contribution in [1.82, 2.24) is 0 Å². The molecule has 0 radical (unpaired) electrons. The summed E-state index contributed by atoms with van der Waals surface area (Å²) in [6.07, 6.45) is 6.20. The van der Waals surface area contributed by atoms with Crippen LogP contribution < -0.4 is 0 Å². The Bertz CT molecular complexity index is 139. The summed E-state index contributed by atoms with van der Waals surface area (Å²) in [6, 6.07) is 0. The first-order chi connectivity index (χ1) is 4.76. The van der Waals surface area contributed by atoms with Gasteiger partial charge < -0.3 is 9.32 Å². The smallest absolute Gasteiger partial charge is 0.125 e. The second-order valence-electron chi connectivity index (χ2n) is 2.08. The van der Waals surface area contributed by atoms with E-state index in [1.54, 1.807) is 6.92 Å². The third kappa shape index (κ3) is 2.96. The Morgan fingerprint density at radius 1 is 1.90 bits per heavy atom. The van der Waals surface area contributed by atoms with Gasteiger partial charge in [-0.3, -0.25) is 0 Å². The molecular formula is C7H11O2P. The van der Waals surface area contributed by atoms with Crippen molar-refractivity contribution in [2.24, 2.45) is 5.92 Å². The molecule has 0 saturated carbocycles. The van der Waals surface area contributed by atoms with Gasteiger partial charge in [0.1, 0.15) is 6.29 Å². The first kappa shape index (κ1) is 9.62. The monoisotopic (exact) mass is 158 g/mol. The third-order valence-electron chi connectivity index (χ3n) is 1.29. The highest BCUT2D eigenvalue weighted by Gasteiger charge is 2.13. The Labute approximate surface area is 63.6 Å². The highest BCUT2D eigenvalue weighted by atomic mass is 31.0. The van der Waals surface area contributed by atoms with Crippen LogP contribution in [0.2, 0.25) is 0 Å². The van der Waals surface area contributed by atoms with Gasteiger partial charge >= 0.3 is 0 Å². The van der Waals surface area contributed by atoms with Crippen molar-refractivity contribution in [3.63, 3.8) is 0 Å². The van der Waals surface area contributed by atoms with E-state index >= 15 is 0 Å². The summed E-state index contributed by atoms with van der Waals surface area (Å²) < 4.78 is 4.89. The molecule has 0 aliphatic rings. The molecule has 10 heavy (non-hydrogen) atoms. The third-order valence-corrected chi connectivity index (χ3v) is 1.64. The van der Waals surface area contributed by atoms with Crippen LogP contribution in [0.4, 0.5) is 0 Å². The predicted octanol–water partition coefficient (Wildman–Crippen LogP) is 1.02. The van der Waals surface area contributed by atoms with E-state index in [0.717, 1.165) is 6.29 Å². The van der Waals surface area contributed by atoms with Gasteiger partial charge in [0, 0.05) is 21.8 Å². The standard InChI is InChI=1S/C7H11O2P/c1-3-4-7(9-10)6(2)5-8/h1,5-7H,4,10H2,2H3. The Hall–Kier alpha value is -0.380. The molecule has 0 aromatic rings. The zero-order valence-electron chi connectivity index (χ0n) is 5.91. The molecule has 2 nitrogen and oxygen atoms in total. The van der Waals surface area contributed by atoms with E-state index in [1.807, 2.05) is 0 Å². The van der Waals surface area contributed by atoms with Crippen LogP contribution in [0.1, 0.15) is 13.3 Å². The van der Waals surface area contributed by atoms with E-state index in [4.69, 9.17) is 10.9 Å². The second kappa shape index (κ2) is 5.41. The molecule has 0 fully saturated rings. The molecule has 0 saturated heterocycles. The lowest BCUT2D eigenvalue weighted by Crippen LogP contribution is -2.18. The van der Waals surface area contributed by atoms with Crippen LogP contribution in [0.5, 0.6) is 0 Å². The number of hydrogen-bond donors (Lipinski definition) is 0. The van der Waals surface area contributed by atoms with Crippen molar-refractivity contribution in [2.75, 3.05) is 0 Å². The van der Waals surface area contributed by atoms with Crippen LogP contribution in [0.15, 0.2) is 0 Å². The van der Waals surface area contributed by atoms with E-state index in [9.17, 15) is 4.79 Å². The maximum absolute atomic E-state index is 10.2. The molecule has 0 aromatic heterocycles. The van der Waals surface area contributed by atoms with Crippen molar-refractivity contribution in [3.05, 3.63) is 0 Å². The molecule has 0 rings (SSSR count). The fourth-order valence-electron chi connectivity index (χ4n) is 0.562. The van der Waals surface area contributed by atoms with Crippen LogP contribution in [0, 0.1) is 18.3 Å². The lowest BCUT2D eigenvalue weighted by Gasteiger charge is -2.13. The van der Waals surface area contributed by atoms with E-state index < -0.39 is 0 Å². The summed E-state index contributed by atoms with van der Waals surface area (Å²) in [5.74, 6) is 2.31. The van der Waals surface area contributed by atoms with E-state index in [0.29, 0.717) is 6.42 Å². The van der Waals surface area contributed by atoms with Crippen molar-refractivity contribution in [3.8, 4) is 12.3 Å². The maximum Gasteiger partial charge on any atom is 0.125 e. The largest absolute Gasteiger partial charge is 0.361 e. The van der Waals surface area contributed by atoms with E-state index in [1.165, 1.54) is 0 Å². The first-order valence-electron chi connectivity index (χ1n) is 3.00. The molecule has 0 aromatic carbocycles. The van der Waals surface area contributed by atoms with Gasteiger partial charge in [-0.15, -0.1) is 12.3 Å². The van der Waals surface area contributed by atoms with Gasteiger partial charge in [-0.1, -0.05) is 6.92 Å². The number of carbonyl (C=O) groups excluding carboxylic acids is 1. The Balaban J connectivity index is 3.81. The fraction of sp³-hybridized carbons (Fsp3) is 0.571. The van der Waals surface area contributed by atoms with E-state index in [-0.39, 0.29) is 12.0 Å². The molecule has 0 aliphatic heterocycles. The van der Waals surface area contributed by atoms with Crippen molar-refractivity contribution in [2.45, 2.75) is 19.4 Å². The SMILES string of the molecule is C#CCC(OP)C(C)C=O. The van der Waals surface area contributed by atoms with Crippen LogP contribution >= 0.6 is 9.47 Å². The van der Waals surface area contributed by atoms with Crippen LogP contribution in [-0.2, 0) is 9.32 Å². The van der Waals surface area contributed by atoms with Gasteiger partial charge in [-0.2, -0.15) is 0 Å². The topological polar surface area (TPSA) is 26.3 Å². The molecule has 56 valence electrons. The van der Waals surface area contributed by atoms with Crippen molar-refractivity contribution < 1.29 is 9.32 Å². The number of terminal acetylenes is 1. The molecule has 0 amide bonds. The summed E-state index contributed by atoms with van der Waals surface area (Å²) in [6.45, 7) is 1.78. The minimum Gasteiger partial charge on any atom is -0.361 e. The van der Waals surface area contributed by atoms with Gasteiger partial charge in [0.2, 0.25) is 0 Å². The predicted molar refractivity (Wildman–Crippen MR) is 43.3 cm³/mol.